The van der Waals surface area contributed by atoms with Crippen molar-refractivity contribution in [1.82, 2.24) is 0 Å². The van der Waals surface area contributed by atoms with Crippen molar-refractivity contribution in [3.63, 3.8) is 0 Å². The van der Waals surface area contributed by atoms with Crippen LogP contribution >= 0.6 is 7.82 Å². The number of unbranched alkanes of at least 4 members (excludes halogenated alkanes) is 16. The first-order valence-corrected chi connectivity index (χ1v) is 30.8. The van der Waals surface area contributed by atoms with E-state index in [9.17, 15) is 19.0 Å². The molecule has 0 aromatic heterocycles. The number of rotatable bonds is 53. The van der Waals surface area contributed by atoms with Crippen LogP contribution in [0, 0.1) is 0 Å². The number of phosphoric ester groups is 1. The summed E-state index contributed by atoms with van der Waals surface area (Å²) in [6, 6.07) is 0. The van der Waals surface area contributed by atoms with Gasteiger partial charge in [-0.3, -0.25) is 18.6 Å². The van der Waals surface area contributed by atoms with Crippen molar-refractivity contribution in [2.45, 2.75) is 225 Å². The van der Waals surface area contributed by atoms with Crippen LogP contribution < -0.4 is 5.73 Å². The summed E-state index contributed by atoms with van der Waals surface area (Å²) in [6.07, 6.45) is 84.8. The molecular weight excluding hydrogens is 954 g/mol. The first-order chi connectivity index (χ1) is 36.8. The van der Waals surface area contributed by atoms with Crippen LogP contribution in [0.2, 0.25) is 0 Å². The van der Waals surface area contributed by atoms with Gasteiger partial charge in [-0.2, -0.15) is 0 Å². The standard InChI is InChI=1S/C65H106NO8P/c1-3-5-7-9-11-13-15-17-19-20-21-22-23-24-25-26-27-28-29-30-31-32-33-34-35-36-37-38-39-40-41-42-44-46-48-50-52-54-56-58-65(68)74-63(62-73-75(69,70)72-60-59-66)61-71-64(67)57-55-53-51-49-47-45-43-18-16-14-12-10-8-6-4-2/h5-8,11-14,17-19,21-22,24-25,27-28,30-31,33-34,36-37,43,63H,3-4,9-10,15-16,20,23,26,29,32,35,38-42,44-62,66H2,1-2H3,(H,69,70)/b7-5-,8-6-,13-11-,14-12-,19-17-,22-21-,25-24-,28-27-,31-30-,34-33-,37-36-,43-18-. The molecule has 9 nitrogen and oxygen atoms in total. The molecule has 0 spiro atoms. The summed E-state index contributed by atoms with van der Waals surface area (Å²) in [5.41, 5.74) is 5.37. The second-order valence-electron chi connectivity index (χ2n) is 18.7. The lowest BCUT2D eigenvalue weighted by Crippen LogP contribution is -2.29. The smallest absolute Gasteiger partial charge is 0.462 e. The zero-order valence-electron chi connectivity index (χ0n) is 47.2. The van der Waals surface area contributed by atoms with Gasteiger partial charge in [0.15, 0.2) is 6.10 Å². The van der Waals surface area contributed by atoms with Gasteiger partial charge in [0.05, 0.1) is 13.2 Å². The van der Waals surface area contributed by atoms with Crippen molar-refractivity contribution in [1.29, 1.82) is 0 Å². The zero-order chi connectivity index (χ0) is 54.5. The number of phosphoric acid groups is 1. The zero-order valence-corrected chi connectivity index (χ0v) is 48.1. The van der Waals surface area contributed by atoms with E-state index in [1.807, 2.05) is 0 Å². The van der Waals surface area contributed by atoms with E-state index in [1.165, 1.54) is 44.9 Å². The Kier molecular flexibility index (Phi) is 55.9. The molecule has 424 valence electrons. The summed E-state index contributed by atoms with van der Waals surface area (Å²) in [5.74, 6) is -0.860. The van der Waals surface area contributed by atoms with Gasteiger partial charge in [-0.05, 0) is 116 Å². The van der Waals surface area contributed by atoms with E-state index >= 15 is 0 Å². The highest BCUT2D eigenvalue weighted by Gasteiger charge is 2.26. The molecular formula is C65H106NO8P. The Labute approximate surface area is 458 Å². The van der Waals surface area contributed by atoms with Crippen molar-refractivity contribution < 1.29 is 37.6 Å². The highest BCUT2D eigenvalue weighted by atomic mass is 31.2. The minimum Gasteiger partial charge on any atom is -0.462 e. The molecule has 0 saturated carbocycles. The number of esters is 2. The summed E-state index contributed by atoms with van der Waals surface area (Å²) in [6.45, 7) is 3.47. The third-order valence-corrected chi connectivity index (χ3v) is 12.7. The van der Waals surface area contributed by atoms with Crippen LogP contribution in [-0.4, -0.2) is 49.3 Å². The van der Waals surface area contributed by atoms with E-state index in [1.54, 1.807) is 0 Å². The predicted molar refractivity (Wildman–Crippen MR) is 320 cm³/mol. The molecule has 0 fully saturated rings. The van der Waals surface area contributed by atoms with Gasteiger partial charge >= 0.3 is 19.8 Å². The van der Waals surface area contributed by atoms with E-state index in [0.717, 1.165) is 135 Å². The number of hydrogen-bond donors (Lipinski definition) is 2. The Bertz CT molecular complexity index is 1730. The normalized spacial score (nSPS) is 14.1. The molecule has 0 rings (SSSR count). The molecule has 0 amide bonds. The SMILES string of the molecule is CC/C=C\C/C=C\C/C=C\C/C=C\C/C=C\C/C=C\C/C=C\C/C=C\C/C=C\CCCCCCCCCCCCCC(=O)OC(COC(=O)CCCCCCC/C=C\C/C=C\C/C=C\CC)COP(=O)(O)OCCN. The minimum absolute atomic E-state index is 0.0435. The molecule has 2 atom stereocenters. The fourth-order valence-corrected chi connectivity index (χ4v) is 8.23. The summed E-state index contributed by atoms with van der Waals surface area (Å²) in [4.78, 5) is 35.1. The maximum atomic E-state index is 12.7. The molecule has 0 heterocycles. The monoisotopic (exact) mass is 1060 g/mol. The summed E-state index contributed by atoms with van der Waals surface area (Å²) in [7, 11) is -4.40. The molecule has 0 aromatic carbocycles. The molecule has 0 aliphatic heterocycles. The first kappa shape index (κ1) is 70.9. The molecule has 0 aromatic rings. The maximum Gasteiger partial charge on any atom is 0.472 e. The largest absolute Gasteiger partial charge is 0.472 e. The van der Waals surface area contributed by atoms with Gasteiger partial charge in [-0.15, -0.1) is 0 Å². The van der Waals surface area contributed by atoms with Crippen molar-refractivity contribution in [3.8, 4) is 0 Å². The van der Waals surface area contributed by atoms with Crippen LogP contribution in [0.1, 0.15) is 219 Å². The number of ether oxygens (including phenoxy) is 2. The second kappa shape index (κ2) is 59.1. The predicted octanol–water partition coefficient (Wildman–Crippen LogP) is 18.7. The van der Waals surface area contributed by atoms with Crippen LogP contribution in [-0.2, 0) is 32.7 Å². The fraction of sp³-hybridized carbons (Fsp3) is 0.600. The van der Waals surface area contributed by atoms with E-state index < -0.39 is 32.5 Å². The Morgan fingerprint density at radius 2 is 0.693 bits per heavy atom. The highest BCUT2D eigenvalue weighted by Crippen LogP contribution is 2.43. The minimum atomic E-state index is -4.40. The third-order valence-electron chi connectivity index (χ3n) is 11.7. The number of nitrogens with two attached hydrogens (primary N) is 1. The summed E-state index contributed by atoms with van der Waals surface area (Å²) >= 11 is 0. The Hall–Kier alpha value is -4.11. The lowest BCUT2D eigenvalue weighted by atomic mass is 10.0. The Morgan fingerprint density at radius 3 is 1.03 bits per heavy atom. The lowest BCUT2D eigenvalue weighted by Gasteiger charge is -2.19. The number of allylic oxidation sites excluding steroid dienone is 24. The third kappa shape index (κ3) is 59.0. The van der Waals surface area contributed by atoms with Gasteiger partial charge < -0.3 is 20.1 Å². The Morgan fingerprint density at radius 1 is 0.400 bits per heavy atom. The van der Waals surface area contributed by atoms with Gasteiger partial charge in [0.2, 0.25) is 0 Å². The molecule has 3 N–H and O–H groups in total. The Balaban J connectivity index is 3.97. The van der Waals surface area contributed by atoms with Crippen LogP contribution in [0.3, 0.4) is 0 Å². The van der Waals surface area contributed by atoms with Crippen LogP contribution in [0.4, 0.5) is 0 Å². The molecule has 0 radical (unpaired) electrons. The van der Waals surface area contributed by atoms with Crippen molar-refractivity contribution in [2.24, 2.45) is 5.73 Å². The molecule has 0 bridgehead atoms. The van der Waals surface area contributed by atoms with Crippen LogP contribution in [0.5, 0.6) is 0 Å². The molecule has 0 aliphatic carbocycles. The summed E-state index contributed by atoms with van der Waals surface area (Å²) < 4.78 is 33.0. The molecule has 0 saturated heterocycles. The van der Waals surface area contributed by atoms with Crippen molar-refractivity contribution in [2.75, 3.05) is 26.4 Å². The van der Waals surface area contributed by atoms with Gasteiger partial charge in [0, 0.05) is 19.4 Å². The quantitative estimate of drug-likeness (QED) is 0.0264. The number of carbonyl (C=O) groups excluding carboxylic acids is 2. The number of carbonyl (C=O) groups is 2. The first-order valence-electron chi connectivity index (χ1n) is 29.3. The van der Waals surface area contributed by atoms with Gasteiger partial charge in [-0.1, -0.05) is 237 Å². The topological polar surface area (TPSA) is 134 Å². The summed E-state index contributed by atoms with van der Waals surface area (Å²) in [5, 5.41) is 0. The van der Waals surface area contributed by atoms with Gasteiger partial charge in [-0.25, -0.2) is 4.57 Å². The fourth-order valence-electron chi connectivity index (χ4n) is 7.47. The van der Waals surface area contributed by atoms with E-state index in [4.69, 9.17) is 24.3 Å². The molecule has 75 heavy (non-hydrogen) atoms. The van der Waals surface area contributed by atoms with Crippen LogP contribution in [0.25, 0.3) is 0 Å². The van der Waals surface area contributed by atoms with Gasteiger partial charge in [0.25, 0.3) is 0 Å². The maximum absolute atomic E-state index is 12.7. The average molecular weight is 1060 g/mol. The lowest BCUT2D eigenvalue weighted by molar-refractivity contribution is -0.161. The second-order valence-corrected chi connectivity index (χ2v) is 20.2. The van der Waals surface area contributed by atoms with Crippen molar-refractivity contribution in [3.05, 3.63) is 146 Å². The van der Waals surface area contributed by atoms with E-state index in [0.29, 0.717) is 12.8 Å². The van der Waals surface area contributed by atoms with Crippen molar-refractivity contribution >= 4 is 19.8 Å². The van der Waals surface area contributed by atoms with Crippen LogP contribution in [0.15, 0.2) is 146 Å². The average Bonchev–Trinajstić information content (AvgIpc) is 3.40. The van der Waals surface area contributed by atoms with Gasteiger partial charge in [0.1, 0.15) is 6.61 Å². The highest BCUT2D eigenvalue weighted by molar-refractivity contribution is 7.47. The number of hydrogen-bond acceptors (Lipinski definition) is 8. The van der Waals surface area contributed by atoms with E-state index in [-0.39, 0.29) is 32.6 Å². The van der Waals surface area contributed by atoms with E-state index in [2.05, 4.69) is 160 Å². The molecule has 0 aliphatic rings. The molecule has 2 unspecified atom stereocenters. The molecule has 10 heteroatoms.